The minimum atomic E-state index is -0.751. The molecule has 0 spiro atoms. The first-order valence-electron chi connectivity index (χ1n) is 8.97. The van der Waals surface area contributed by atoms with Crippen molar-refractivity contribution < 1.29 is 4.39 Å². The Morgan fingerprint density at radius 1 is 1.15 bits per heavy atom. The van der Waals surface area contributed by atoms with Crippen molar-refractivity contribution in [2.24, 2.45) is 0 Å². The Labute approximate surface area is 151 Å². The minimum Gasteiger partial charge on any atom is -0.372 e. The predicted octanol–water partition coefficient (Wildman–Crippen LogP) is 3.90. The number of anilines is 3. The molecule has 0 aliphatic carbocycles. The van der Waals surface area contributed by atoms with Gasteiger partial charge in [-0.25, -0.2) is 9.37 Å². The fraction of sp³-hybridized carbons (Fsp3) is 0.300. The highest BCUT2D eigenvalue weighted by Gasteiger charge is 2.12. The lowest BCUT2D eigenvalue weighted by molar-refractivity contribution is 0.585. The van der Waals surface area contributed by atoms with Crippen molar-refractivity contribution in [1.29, 1.82) is 0 Å². The quantitative estimate of drug-likeness (QED) is 0.774. The number of hydrogen-bond donors (Lipinski definition) is 1. The van der Waals surface area contributed by atoms with Crippen LogP contribution in [0.5, 0.6) is 0 Å². The van der Waals surface area contributed by atoms with E-state index in [0.717, 1.165) is 18.8 Å². The van der Waals surface area contributed by atoms with Crippen LogP contribution in [0.25, 0.3) is 10.9 Å². The Kier molecular flexibility index (Phi) is 4.32. The molecule has 1 N–H and O–H groups in total. The molecule has 0 radical (unpaired) electrons. The van der Waals surface area contributed by atoms with Gasteiger partial charge in [0.05, 0.1) is 5.52 Å². The average Bonchev–Trinajstić information content (AvgIpc) is 3.19. The maximum absolute atomic E-state index is 13.7. The summed E-state index contributed by atoms with van der Waals surface area (Å²) in [6.07, 6.45) is 4.09. The molecular weight excluding hydrogens is 331 g/mol. The molecule has 1 fully saturated rings. The van der Waals surface area contributed by atoms with Crippen LogP contribution in [-0.2, 0) is 6.54 Å². The number of pyridine rings is 2. The number of nitrogens with one attached hydrogen (secondary N) is 1. The Morgan fingerprint density at radius 3 is 2.58 bits per heavy atom. The van der Waals surface area contributed by atoms with Gasteiger partial charge in [-0.1, -0.05) is 0 Å². The van der Waals surface area contributed by atoms with Crippen molar-refractivity contribution in [2.45, 2.75) is 26.3 Å². The zero-order valence-corrected chi connectivity index (χ0v) is 14.7. The molecule has 3 aromatic rings. The zero-order valence-electron chi connectivity index (χ0n) is 14.7. The summed E-state index contributed by atoms with van der Waals surface area (Å²) < 4.78 is 15.2. The smallest absolute Gasteiger partial charge is 0.287 e. The summed E-state index contributed by atoms with van der Waals surface area (Å²) in [4.78, 5) is 18.7. The number of nitrogens with zero attached hydrogens (tertiary/aromatic N) is 3. The first kappa shape index (κ1) is 16.6. The van der Waals surface area contributed by atoms with Gasteiger partial charge in [0.1, 0.15) is 5.82 Å². The SMILES string of the molecule is CCn1c(=O)c(F)cc2cnc(Nc3ccc(N4CCCC4)cc3)cc21. The molecular formula is C20H21FN4O. The Balaban J connectivity index is 1.62. The Bertz CT molecular complexity index is 991. The van der Waals surface area contributed by atoms with E-state index in [1.807, 2.05) is 19.1 Å². The monoisotopic (exact) mass is 352 g/mol. The normalized spacial score (nSPS) is 14.2. The van der Waals surface area contributed by atoms with Gasteiger partial charge in [0.25, 0.3) is 5.56 Å². The van der Waals surface area contributed by atoms with Gasteiger partial charge in [-0.3, -0.25) is 4.79 Å². The standard InChI is InChI=1S/C20H21FN4O/c1-2-25-18-12-19(22-13-14(18)11-17(21)20(25)26)23-15-5-7-16(8-6-15)24-9-3-4-10-24/h5-8,11-13H,2-4,9-10H2,1H3,(H,22,23). The zero-order chi connectivity index (χ0) is 18.1. The second-order valence-electron chi connectivity index (χ2n) is 6.54. The lowest BCUT2D eigenvalue weighted by Gasteiger charge is -2.18. The average molecular weight is 352 g/mol. The van der Waals surface area contributed by atoms with Crippen molar-refractivity contribution in [1.82, 2.24) is 9.55 Å². The van der Waals surface area contributed by atoms with Gasteiger partial charge in [0, 0.05) is 48.7 Å². The van der Waals surface area contributed by atoms with E-state index >= 15 is 0 Å². The van der Waals surface area contributed by atoms with E-state index in [-0.39, 0.29) is 0 Å². The summed E-state index contributed by atoms with van der Waals surface area (Å²) in [5.41, 5.74) is 2.22. The van der Waals surface area contributed by atoms with Crippen molar-refractivity contribution in [3.8, 4) is 0 Å². The molecule has 6 heteroatoms. The molecule has 134 valence electrons. The molecule has 5 nitrogen and oxygen atoms in total. The van der Waals surface area contributed by atoms with Gasteiger partial charge in [0.2, 0.25) is 0 Å². The van der Waals surface area contributed by atoms with Crippen LogP contribution in [0, 0.1) is 5.82 Å². The van der Waals surface area contributed by atoms with Gasteiger partial charge in [-0.15, -0.1) is 0 Å². The van der Waals surface area contributed by atoms with E-state index in [1.54, 1.807) is 12.3 Å². The molecule has 0 unspecified atom stereocenters. The summed E-state index contributed by atoms with van der Waals surface area (Å²) in [6, 6.07) is 11.3. The fourth-order valence-corrected chi connectivity index (χ4v) is 3.50. The van der Waals surface area contributed by atoms with Gasteiger partial charge in [0.15, 0.2) is 5.82 Å². The highest BCUT2D eigenvalue weighted by molar-refractivity contribution is 5.81. The molecule has 26 heavy (non-hydrogen) atoms. The maximum atomic E-state index is 13.7. The number of aryl methyl sites for hydroxylation is 1. The molecule has 0 saturated carbocycles. The topological polar surface area (TPSA) is 50.2 Å². The Hall–Kier alpha value is -2.89. The molecule has 0 amide bonds. The van der Waals surface area contributed by atoms with Crippen LogP contribution >= 0.6 is 0 Å². The van der Waals surface area contributed by atoms with Crippen LogP contribution in [-0.4, -0.2) is 22.6 Å². The lowest BCUT2D eigenvalue weighted by Crippen LogP contribution is -2.22. The minimum absolute atomic E-state index is 0.404. The van der Waals surface area contributed by atoms with Crippen LogP contribution in [0.4, 0.5) is 21.6 Å². The third-order valence-corrected chi connectivity index (χ3v) is 4.86. The third-order valence-electron chi connectivity index (χ3n) is 4.86. The summed E-state index contributed by atoms with van der Waals surface area (Å²) in [5, 5.41) is 3.87. The summed E-state index contributed by atoms with van der Waals surface area (Å²) >= 11 is 0. The largest absolute Gasteiger partial charge is 0.372 e. The van der Waals surface area contributed by atoms with E-state index in [9.17, 15) is 9.18 Å². The highest BCUT2D eigenvalue weighted by Crippen LogP contribution is 2.24. The molecule has 2 aromatic heterocycles. The van der Waals surface area contributed by atoms with Crippen LogP contribution in [0.1, 0.15) is 19.8 Å². The molecule has 0 atom stereocenters. The van der Waals surface area contributed by atoms with Crippen molar-refractivity contribution in [2.75, 3.05) is 23.3 Å². The second kappa shape index (κ2) is 6.78. The van der Waals surface area contributed by atoms with Crippen LogP contribution in [0.15, 0.2) is 47.4 Å². The molecule has 0 bridgehead atoms. The number of rotatable bonds is 4. The van der Waals surface area contributed by atoms with Crippen LogP contribution < -0.4 is 15.8 Å². The molecule has 1 aromatic carbocycles. The van der Waals surface area contributed by atoms with Gasteiger partial charge in [-0.05, 0) is 50.1 Å². The lowest BCUT2D eigenvalue weighted by atomic mass is 10.2. The number of aromatic nitrogens is 2. The summed E-state index contributed by atoms with van der Waals surface area (Å²) in [6.45, 7) is 4.46. The van der Waals surface area contributed by atoms with Crippen LogP contribution in [0.3, 0.4) is 0 Å². The van der Waals surface area contributed by atoms with Crippen molar-refractivity contribution >= 4 is 28.1 Å². The molecule has 1 saturated heterocycles. The van der Waals surface area contributed by atoms with Gasteiger partial charge >= 0.3 is 0 Å². The van der Waals surface area contributed by atoms with Crippen molar-refractivity contribution in [3.63, 3.8) is 0 Å². The van der Waals surface area contributed by atoms with Crippen LogP contribution in [0.2, 0.25) is 0 Å². The number of fused-ring (bicyclic) bond motifs is 1. The molecule has 3 heterocycles. The third kappa shape index (κ3) is 3.03. The number of hydrogen-bond acceptors (Lipinski definition) is 4. The molecule has 4 rings (SSSR count). The Morgan fingerprint density at radius 2 is 1.88 bits per heavy atom. The highest BCUT2D eigenvalue weighted by atomic mass is 19.1. The van der Waals surface area contributed by atoms with E-state index in [0.29, 0.717) is 23.3 Å². The molecule has 1 aliphatic heterocycles. The predicted molar refractivity (Wildman–Crippen MR) is 103 cm³/mol. The van der Waals surface area contributed by atoms with Gasteiger partial charge < -0.3 is 14.8 Å². The number of halogens is 1. The fourth-order valence-electron chi connectivity index (χ4n) is 3.50. The first-order valence-corrected chi connectivity index (χ1v) is 8.97. The first-order chi connectivity index (χ1) is 12.7. The van der Waals surface area contributed by atoms with E-state index < -0.39 is 11.4 Å². The summed E-state index contributed by atoms with van der Waals surface area (Å²) in [5.74, 6) is -0.126. The van der Waals surface area contributed by atoms with Gasteiger partial charge in [-0.2, -0.15) is 0 Å². The van der Waals surface area contributed by atoms with E-state index in [2.05, 4.69) is 27.3 Å². The molecule has 1 aliphatic rings. The van der Waals surface area contributed by atoms with E-state index in [4.69, 9.17) is 0 Å². The van der Waals surface area contributed by atoms with Crippen molar-refractivity contribution in [3.05, 3.63) is 58.8 Å². The summed E-state index contributed by atoms with van der Waals surface area (Å²) in [7, 11) is 0. The second-order valence-corrected chi connectivity index (χ2v) is 6.54. The maximum Gasteiger partial charge on any atom is 0.287 e. The number of benzene rings is 1. The van der Waals surface area contributed by atoms with E-state index in [1.165, 1.54) is 29.2 Å².